The van der Waals surface area contributed by atoms with Crippen LogP contribution in [-0.4, -0.2) is 4.98 Å². The summed E-state index contributed by atoms with van der Waals surface area (Å²) in [5, 5.41) is 4.65. The van der Waals surface area contributed by atoms with Crippen LogP contribution in [0.5, 0.6) is 0 Å². The second-order valence-corrected chi connectivity index (χ2v) is 14.6. The van der Waals surface area contributed by atoms with Gasteiger partial charge < -0.3 is 4.42 Å². The lowest BCUT2D eigenvalue weighted by molar-refractivity contribution is 0.670. The van der Waals surface area contributed by atoms with Gasteiger partial charge in [-0.1, -0.05) is 152 Å². The number of para-hydroxylation sites is 2. The minimum atomic E-state index is -0.375. The Hall–Kier alpha value is -7.03. The van der Waals surface area contributed by atoms with Crippen molar-refractivity contribution in [3.05, 3.63) is 210 Å². The number of hydrogen-bond donors (Lipinski definition) is 0. The molecular weight excluding hydrogens is 655 g/mol. The maximum Gasteiger partial charge on any atom is 0.144 e. The largest absolute Gasteiger partial charge is 0.455 e. The summed E-state index contributed by atoms with van der Waals surface area (Å²) in [7, 11) is 0. The number of hydrogen-bond acceptors (Lipinski definition) is 2. The van der Waals surface area contributed by atoms with E-state index in [1.54, 1.807) is 0 Å². The molecule has 2 aliphatic carbocycles. The molecule has 0 amide bonds. The molecule has 0 bridgehead atoms. The molecule has 250 valence electrons. The zero-order valence-electron chi connectivity index (χ0n) is 29.3. The summed E-state index contributed by atoms with van der Waals surface area (Å²) in [5.74, 6) is 0. The van der Waals surface area contributed by atoms with Crippen molar-refractivity contribution in [1.82, 2.24) is 4.98 Å². The summed E-state index contributed by atoms with van der Waals surface area (Å²) in [6.07, 6.45) is 0. The molecule has 1 spiro atoms. The molecule has 10 aromatic rings. The summed E-state index contributed by atoms with van der Waals surface area (Å²) in [4.78, 5) is 5.46. The first-order chi connectivity index (χ1) is 26.8. The molecule has 2 heterocycles. The van der Waals surface area contributed by atoms with E-state index < -0.39 is 0 Å². The second-order valence-electron chi connectivity index (χ2n) is 14.6. The topological polar surface area (TPSA) is 26.0 Å². The number of nitrogens with zero attached hydrogens (tertiary/aromatic N) is 1. The van der Waals surface area contributed by atoms with Crippen LogP contribution >= 0.6 is 0 Å². The lowest BCUT2D eigenvalue weighted by Crippen LogP contribution is -2.25. The Morgan fingerprint density at radius 2 is 0.926 bits per heavy atom. The molecule has 8 aromatic carbocycles. The standard InChI is InChI=1S/C52H31NO/c1-2-13-33-28-34(25-24-32(33)12-1)36-30-48(53-49(31-36)42-19-11-18-41-40-17-6-10-23-50(40)54-51(41)42)35-26-27-47-43(29-35)39-16-5-9-22-46(39)52(47)44-20-7-3-14-37(44)38-15-4-8-21-45(38)52/h1-31H. The first kappa shape index (κ1) is 29.5. The lowest BCUT2D eigenvalue weighted by atomic mass is 9.70. The highest BCUT2D eigenvalue weighted by Gasteiger charge is 2.51. The molecule has 54 heavy (non-hydrogen) atoms. The maximum atomic E-state index is 6.56. The molecule has 0 saturated carbocycles. The number of aromatic nitrogens is 1. The number of furan rings is 1. The molecule has 0 atom stereocenters. The van der Waals surface area contributed by atoms with E-state index in [-0.39, 0.29) is 5.41 Å². The van der Waals surface area contributed by atoms with Crippen LogP contribution in [0.3, 0.4) is 0 Å². The molecule has 2 aromatic heterocycles. The van der Waals surface area contributed by atoms with Crippen LogP contribution in [0.15, 0.2) is 192 Å². The van der Waals surface area contributed by atoms with Crippen molar-refractivity contribution in [2.24, 2.45) is 0 Å². The smallest absolute Gasteiger partial charge is 0.144 e. The number of pyridine rings is 1. The van der Waals surface area contributed by atoms with Gasteiger partial charge in [-0.2, -0.15) is 0 Å². The van der Waals surface area contributed by atoms with Crippen molar-refractivity contribution in [1.29, 1.82) is 0 Å². The maximum absolute atomic E-state index is 6.56. The molecule has 2 nitrogen and oxygen atoms in total. The van der Waals surface area contributed by atoms with E-state index in [2.05, 4.69) is 176 Å². The van der Waals surface area contributed by atoms with Crippen molar-refractivity contribution in [3.63, 3.8) is 0 Å². The summed E-state index contributed by atoms with van der Waals surface area (Å²) in [6, 6.07) is 68.4. The Morgan fingerprint density at radius 1 is 0.352 bits per heavy atom. The highest BCUT2D eigenvalue weighted by atomic mass is 16.3. The zero-order chi connectivity index (χ0) is 35.4. The van der Waals surface area contributed by atoms with E-state index in [0.717, 1.165) is 55.6 Å². The van der Waals surface area contributed by atoms with E-state index >= 15 is 0 Å². The zero-order valence-corrected chi connectivity index (χ0v) is 29.3. The number of fused-ring (bicyclic) bond motifs is 14. The quantitative estimate of drug-likeness (QED) is 0.185. The van der Waals surface area contributed by atoms with Gasteiger partial charge in [0, 0.05) is 21.9 Å². The Morgan fingerprint density at radius 3 is 1.70 bits per heavy atom. The van der Waals surface area contributed by atoms with Crippen molar-refractivity contribution in [3.8, 4) is 55.9 Å². The first-order valence-electron chi connectivity index (χ1n) is 18.6. The normalized spacial score (nSPS) is 13.3. The van der Waals surface area contributed by atoms with E-state index in [1.165, 1.54) is 55.3 Å². The van der Waals surface area contributed by atoms with Crippen LogP contribution in [0.4, 0.5) is 0 Å². The van der Waals surface area contributed by atoms with Gasteiger partial charge in [0.2, 0.25) is 0 Å². The van der Waals surface area contributed by atoms with Crippen molar-refractivity contribution in [2.45, 2.75) is 5.41 Å². The highest BCUT2D eigenvalue weighted by molar-refractivity contribution is 6.09. The van der Waals surface area contributed by atoms with Gasteiger partial charge in [-0.25, -0.2) is 4.98 Å². The molecule has 0 unspecified atom stereocenters. The van der Waals surface area contributed by atoms with Crippen LogP contribution < -0.4 is 0 Å². The van der Waals surface area contributed by atoms with Gasteiger partial charge in [0.1, 0.15) is 11.2 Å². The molecule has 2 aliphatic rings. The predicted octanol–water partition coefficient (Wildman–Crippen LogP) is 13.5. The van der Waals surface area contributed by atoms with Crippen molar-refractivity contribution in [2.75, 3.05) is 0 Å². The van der Waals surface area contributed by atoms with Crippen LogP contribution in [0.1, 0.15) is 22.3 Å². The summed E-state index contributed by atoms with van der Waals surface area (Å²) in [5.41, 5.74) is 18.0. The Bertz CT molecular complexity index is 3140. The minimum absolute atomic E-state index is 0.375. The summed E-state index contributed by atoms with van der Waals surface area (Å²) in [6.45, 7) is 0. The fraction of sp³-hybridized carbons (Fsp3) is 0.0192. The van der Waals surface area contributed by atoms with Crippen molar-refractivity contribution < 1.29 is 4.42 Å². The Balaban J connectivity index is 1.10. The second kappa shape index (κ2) is 11.0. The van der Waals surface area contributed by atoms with Gasteiger partial charge in [-0.15, -0.1) is 0 Å². The van der Waals surface area contributed by atoms with E-state index in [9.17, 15) is 0 Å². The molecule has 12 rings (SSSR count). The van der Waals surface area contributed by atoms with Crippen LogP contribution in [0.2, 0.25) is 0 Å². The third-order valence-corrected chi connectivity index (χ3v) is 11.9. The fourth-order valence-electron chi connectivity index (χ4n) is 9.56. The van der Waals surface area contributed by atoms with Gasteiger partial charge in [0.25, 0.3) is 0 Å². The Labute approximate surface area is 312 Å². The monoisotopic (exact) mass is 685 g/mol. The van der Waals surface area contributed by atoms with Gasteiger partial charge >= 0.3 is 0 Å². The van der Waals surface area contributed by atoms with Gasteiger partial charge in [0.15, 0.2) is 0 Å². The van der Waals surface area contributed by atoms with Gasteiger partial charge in [0.05, 0.1) is 16.8 Å². The molecule has 2 heteroatoms. The summed E-state index contributed by atoms with van der Waals surface area (Å²) < 4.78 is 6.56. The third-order valence-electron chi connectivity index (χ3n) is 11.9. The van der Waals surface area contributed by atoms with E-state index in [4.69, 9.17) is 9.40 Å². The minimum Gasteiger partial charge on any atom is -0.455 e. The molecule has 0 aliphatic heterocycles. The Kier molecular flexibility index (Phi) is 6.01. The van der Waals surface area contributed by atoms with Crippen molar-refractivity contribution >= 4 is 32.7 Å². The molecule has 0 radical (unpaired) electrons. The van der Waals surface area contributed by atoms with Gasteiger partial charge in [-0.3, -0.25) is 0 Å². The highest BCUT2D eigenvalue weighted by Crippen LogP contribution is 2.63. The third kappa shape index (κ3) is 3.97. The predicted molar refractivity (Wildman–Crippen MR) is 222 cm³/mol. The SMILES string of the molecule is c1ccc2c(c1)-c1ccccc1C21c2ccccc2-c2cc(-c3cc(-c4ccc5ccccc5c4)cc(-c4cccc5c4oc4ccccc45)n3)ccc21. The molecule has 0 saturated heterocycles. The van der Waals surface area contributed by atoms with E-state index in [0.29, 0.717) is 0 Å². The lowest BCUT2D eigenvalue weighted by Gasteiger charge is -2.30. The molecule has 0 N–H and O–H groups in total. The van der Waals surface area contributed by atoms with E-state index in [1.807, 2.05) is 12.1 Å². The molecular formula is C52H31NO. The fourth-order valence-corrected chi connectivity index (χ4v) is 9.56. The van der Waals surface area contributed by atoms with Gasteiger partial charge in [-0.05, 0) is 103 Å². The van der Waals surface area contributed by atoms with Crippen LogP contribution in [0, 0.1) is 0 Å². The van der Waals surface area contributed by atoms with Crippen LogP contribution in [-0.2, 0) is 5.41 Å². The first-order valence-corrected chi connectivity index (χ1v) is 18.6. The number of benzene rings is 8. The molecule has 0 fully saturated rings. The average Bonchev–Trinajstić information content (AvgIpc) is 3.87. The van der Waals surface area contributed by atoms with Crippen LogP contribution in [0.25, 0.3) is 88.6 Å². The number of rotatable bonds is 3. The summed E-state index contributed by atoms with van der Waals surface area (Å²) >= 11 is 0. The average molecular weight is 686 g/mol.